The van der Waals surface area contributed by atoms with Crippen molar-refractivity contribution in [1.82, 2.24) is 0 Å². The Morgan fingerprint density at radius 3 is 1.69 bits per heavy atom. The monoisotopic (exact) mass is 228 g/mol. The SMILES string of the molecule is CCC(C)(CC)OCC(=O)C(C)(CC)CC. The van der Waals surface area contributed by atoms with E-state index in [0.717, 1.165) is 25.7 Å². The normalized spacial score (nSPS) is 12.9. The molecule has 0 spiro atoms. The summed E-state index contributed by atoms with van der Waals surface area (Å²) in [4.78, 5) is 12.1. The van der Waals surface area contributed by atoms with Gasteiger partial charge in [-0.05, 0) is 32.6 Å². The summed E-state index contributed by atoms with van der Waals surface area (Å²) in [5.41, 5.74) is -0.347. The molecule has 0 N–H and O–H groups in total. The van der Waals surface area contributed by atoms with Crippen LogP contribution in [-0.2, 0) is 9.53 Å². The van der Waals surface area contributed by atoms with E-state index in [1.807, 2.05) is 6.92 Å². The van der Waals surface area contributed by atoms with Gasteiger partial charge in [-0.2, -0.15) is 0 Å². The minimum atomic E-state index is -0.206. The standard InChI is InChI=1S/C14H28O2/c1-7-13(5,8-2)12(15)11-16-14(6,9-3)10-4/h7-11H2,1-6H3. The number of ketones is 1. The van der Waals surface area contributed by atoms with Gasteiger partial charge in [0, 0.05) is 5.41 Å². The van der Waals surface area contributed by atoms with Crippen LogP contribution >= 0.6 is 0 Å². The highest BCUT2D eigenvalue weighted by molar-refractivity contribution is 5.85. The number of rotatable bonds is 8. The molecular weight excluding hydrogens is 200 g/mol. The third kappa shape index (κ3) is 3.89. The molecule has 0 aromatic rings. The fourth-order valence-corrected chi connectivity index (χ4v) is 1.51. The largest absolute Gasteiger partial charge is 0.368 e. The van der Waals surface area contributed by atoms with Gasteiger partial charge in [-0.3, -0.25) is 4.79 Å². The fraction of sp³-hybridized carbons (Fsp3) is 0.929. The number of ether oxygens (including phenoxy) is 1. The van der Waals surface area contributed by atoms with Gasteiger partial charge in [-0.15, -0.1) is 0 Å². The summed E-state index contributed by atoms with van der Waals surface area (Å²) in [6.45, 7) is 12.7. The molecule has 2 nitrogen and oxygen atoms in total. The molecule has 0 bridgehead atoms. The predicted octanol–water partition coefficient (Wildman–Crippen LogP) is 3.98. The molecule has 0 radical (unpaired) electrons. The number of hydrogen-bond acceptors (Lipinski definition) is 2. The van der Waals surface area contributed by atoms with Gasteiger partial charge in [-0.1, -0.05) is 34.6 Å². The van der Waals surface area contributed by atoms with Crippen LogP contribution in [-0.4, -0.2) is 18.0 Å². The second kappa shape index (κ2) is 6.39. The molecule has 0 heterocycles. The lowest BCUT2D eigenvalue weighted by Crippen LogP contribution is -2.35. The van der Waals surface area contributed by atoms with Crippen LogP contribution in [0.4, 0.5) is 0 Å². The van der Waals surface area contributed by atoms with Crippen LogP contribution < -0.4 is 0 Å². The highest BCUT2D eigenvalue weighted by Crippen LogP contribution is 2.28. The lowest BCUT2D eigenvalue weighted by atomic mass is 9.80. The second-order valence-electron chi connectivity index (χ2n) is 5.14. The van der Waals surface area contributed by atoms with E-state index < -0.39 is 0 Å². The topological polar surface area (TPSA) is 26.3 Å². The van der Waals surface area contributed by atoms with Crippen molar-refractivity contribution in [3.05, 3.63) is 0 Å². The first-order chi connectivity index (χ1) is 7.37. The summed E-state index contributed by atoms with van der Waals surface area (Å²) in [5.74, 6) is 0.241. The Hall–Kier alpha value is -0.370. The zero-order chi connectivity index (χ0) is 12.8. The molecule has 96 valence electrons. The van der Waals surface area contributed by atoms with E-state index in [-0.39, 0.29) is 23.4 Å². The molecule has 0 rings (SSSR count). The third-order valence-corrected chi connectivity index (χ3v) is 4.28. The van der Waals surface area contributed by atoms with E-state index >= 15 is 0 Å². The maximum absolute atomic E-state index is 12.1. The highest BCUT2D eigenvalue weighted by Gasteiger charge is 2.31. The zero-order valence-electron chi connectivity index (χ0n) is 11.9. The van der Waals surface area contributed by atoms with Gasteiger partial charge in [0.1, 0.15) is 6.61 Å². The maximum atomic E-state index is 12.1. The molecule has 0 aliphatic rings. The summed E-state index contributed by atoms with van der Waals surface area (Å²) in [6.07, 6.45) is 3.68. The van der Waals surface area contributed by atoms with Gasteiger partial charge in [0.15, 0.2) is 5.78 Å². The van der Waals surface area contributed by atoms with Gasteiger partial charge in [0.05, 0.1) is 5.60 Å². The molecule has 2 heteroatoms. The summed E-state index contributed by atoms with van der Waals surface area (Å²) >= 11 is 0. The molecule has 0 fully saturated rings. The Morgan fingerprint density at radius 2 is 1.38 bits per heavy atom. The lowest BCUT2D eigenvalue weighted by molar-refractivity contribution is -0.140. The van der Waals surface area contributed by atoms with E-state index in [1.54, 1.807) is 0 Å². The van der Waals surface area contributed by atoms with E-state index in [1.165, 1.54) is 0 Å². The average Bonchev–Trinajstić information content (AvgIpc) is 2.34. The van der Waals surface area contributed by atoms with Crippen molar-refractivity contribution in [3.8, 4) is 0 Å². The molecule has 0 saturated carbocycles. The van der Waals surface area contributed by atoms with E-state index in [9.17, 15) is 4.79 Å². The molecule has 0 aromatic heterocycles. The van der Waals surface area contributed by atoms with Crippen LogP contribution in [0.2, 0.25) is 0 Å². The molecule has 0 atom stereocenters. The molecule has 0 saturated heterocycles. The van der Waals surface area contributed by atoms with Crippen molar-refractivity contribution in [2.45, 2.75) is 72.8 Å². The number of carbonyl (C=O) groups is 1. The minimum absolute atomic E-state index is 0.141. The van der Waals surface area contributed by atoms with Crippen molar-refractivity contribution in [1.29, 1.82) is 0 Å². The summed E-state index contributed by atoms with van der Waals surface area (Å²) in [6, 6.07) is 0. The van der Waals surface area contributed by atoms with Crippen molar-refractivity contribution in [2.24, 2.45) is 5.41 Å². The fourth-order valence-electron chi connectivity index (χ4n) is 1.51. The Labute approximate surface area is 101 Å². The minimum Gasteiger partial charge on any atom is -0.368 e. The van der Waals surface area contributed by atoms with Gasteiger partial charge < -0.3 is 4.74 Å². The predicted molar refractivity (Wildman–Crippen MR) is 68.6 cm³/mol. The van der Waals surface area contributed by atoms with Crippen molar-refractivity contribution in [2.75, 3.05) is 6.61 Å². The van der Waals surface area contributed by atoms with Crippen LogP contribution in [0.15, 0.2) is 0 Å². The molecule has 0 aromatic carbocycles. The first kappa shape index (κ1) is 15.6. The van der Waals surface area contributed by atoms with Crippen LogP contribution in [0.25, 0.3) is 0 Å². The molecule has 16 heavy (non-hydrogen) atoms. The third-order valence-electron chi connectivity index (χ3n) is 4.28. The zero-order valence-corrected chi connectivity index (χ0v) is 11.9. The maximum Gasteiger partial charge on any atom is 0.164 e. The number of carbonyl (C=O) groups excluding carboxylic acids is 1. The molecule has 0 aliphatic carbocycles. The first-order valence-corrected chi connectivity index (χ1v) is 6.54. The number of hydrogen-bond donors (Lipinski definition) is 0. The van der Waals surface area contributed by atoms with Crippen LogP contribution in [0.3, 0.4) is 0 Å². The van der Waals surface area contributed by atoms with Crippen molar-refractivity contribution in [3.63, 3.8) is 0 Å². The molecule has 0 amide bonds. The smallest absolute Gasteiger partial charge is 0.164 e. The van der Waals surface area contributed by atoms with E-state index in [0.29, 0.717) is 0 Å². The van der Waals surface area contributed by atoms with Crippen LogP contribution in [0, 0.1) is 5.41 Å². The lowest BCUT2D eigenvalue weighted by Gasteiger charge is -2.30. The van der Waals surface area contributed by atoms with Gasteiger partial charge >= 0.3 is 0 Å². The molecule has 0 unspecified atom stereocenters. The average molecular weight is 228 g/mol. The quantitative estimate of drug-likeness (QED) is 0.628. The molecule has 0 aliphatic heterocycles. The summed E-state index contributed by atoms with van der Waals surface area (Å²) in [5, 5.41) is 0. The number of Topliss-reactive ketones (excluding diaryl/α,β-unsaturated/α-hetero) is 1. The van der Waals surface area contributed by atoms with Crippen LogP contribution in [0.1, 0.15) is 67.2 Å². The van der Waals surface area contributed by atoms with Gasteiger partial charge in [0.2, 0.25) is 0 Å². The van der Waals surface area contributed by atoms with E-state index in [4.69, 9.17) is 4.74 Å². The Bertz CT molecular complexity index is 213. The highest BCUT2D eigenvalue weighted by atomic mass is 16.5. The molecular formula is C14H28O2. The summed E-state index contributed by atoms with van der Waals surface area (Å²) in [7, 11) is 0. The van der Waals surface area contributed by atoms with Crippen molar-refractivity contribution < 1.29 is 9.53 Å². The van der Waals surface area contributed by atoms with Crippen molar-refractivity contribution >= 4 is 5.78 Å². The summed E-state index contributed by atoms with van der Waals surface area (Å²) < 4.78 is 5.79. The first-order valence-electron chi connectivity index (χ1n) is 6.54. The Morgan fingerprint density at radius 1 is 0.938 bits per heavy atom. The van der Waals surface area contributed by atoms with Gasteiger partial charge in [-0.25, -0.2) is 0 Å². The van der Waals surface area contributed by atoms with E-state index in [2.05, 4.69) is 34.6 Å². The van der Waals surface area contributed by atoms with Crippen LogP contribution in [0.5, 0.6) is 0 Å². The Kier molecular flexibility index (Phi) is 6.24. The van der Waals surface area contributed by atoms with Gasteiger partial charge in [0.25, 0.3) is 0 Å². The Balaban J connectivity index is 4.36. The second-order valence-corrected chi connectivity index (χ2v) is 5.14.